The van der Waals surface area contributed by atoms with Gasteiger partial charge in [0.05, 0.1) is 0 Å². The molecular weight excluding hydrogens is 296 g/mol. The van der Waals surface area contributed by atoms with Crippen LogP contribution in [0.4, 0.5) is 5.69 Å². The van der Waals surface area contributed by atoms with Gasteiger partial charge in [0.15, 0.2) is 0 Å². The van der Waals surface area contributed by atoms with Gasteiger partial charge in [-0.25, -0.2) is 0 Å². The van der Waals surface area contributed by atoms with Crippen LogP contribution in [0.25, 0.3) is 0 Å². The first-order valence-electron chi connectivity index (χ1n) is 6.44. The van der Waals surface area contributed by atoms with Gasteiger partial charge in [-0.3, -0.25) is 14.4 Å². The maximum Gasteiger partial charge on any atom is 0.323 e. The van der Waals surface area contributed by atoms with E-state index in [0.717, 1.165) is 4.90 Å². The smallest absolute Gasteiger partial charge is 0.323 e. The van der Waals surface area contributed by atoms with Crippen LogP contribution in [0.5, 0.6) is 0 Å². The van der Waals surface area contributed by atoms with Crippen LogP contribution in [0.3, 0.4) is 0 Å². The van der Waals surface area contributed by atoms with Gasteiger partial charge in [-0.1, -0.05) is 11.6 Å². The first-order valence-corrected chi connectivity index (χ1v) is 6.81. The zero-order valence-electron chi connectivity index (χ0n) is 11.5. The van der Waals surface area contributed by atoms with Crippen molar-refractivity contribution in [2.75, 3.05) is 25.0 Å². The van der Waals surface area contributed by atoms with E-state index < -0.39 is 24.3 Å². The van der Waals surface area contributed by atoms with Crippen molar-refractivity contribution >= 4 is 35.1 Å². The van der Waals surface area contributed by atoms with E-state index in [1.165, 1.54) is 11.9 Å². The SMILES string of the molecule is CN(CC(=O)O)C(=O)C1CCN(c2ccc(Cl)cc2)C1=O. The fourth-order valence-electron chi connectivity index (χ4n) is 2.33. The number of likely N-dealkylation sites (N-methyl/N-ethyl adjacent to an activating group) is 1. The number of carboxylic acid groups (broad SMARTS) is 1. The molecule has 0 saturated carbocycles. The Bertz CT molecular complexity index is 573. The molecule has 6 nitrogen and oxygen atoms in total. The highest BCUT2D eigenvalue weighted by Gasteiger charge is 2.39. The molecular formula is C14H15ClN2O4. The molecule has 1 heterocycles. The summed E-state index contributed by atoms with van der Waals surface area (Å²) < 4.78 is 0. The third-order valence-electron chi connectivity index (χ3n) is 3.39. The Labute approximate surface area is 126 Å². The number of hydrogen-bond acceptors (Lipinski definition) is 3. The molecule has 1 atom stereocenters. The topological polar surface area (TPSA) is 77.9 Å². The highest BCUT2D eigenvalue weighted by Crippen LogP contribution is 2.27. The molecule has 0 spiro atoms. The van der Waals surface area contributed by atoms with Crippen LogP contribution >= 0.6 is 11.6 Å². The summed E-state index contributed by atoms with van der Waals surface area (Å²) in [5.41, 5.74) is 0.681. The molecule has 2 rings (SSSR count). The second-order valence-electron chi connectivity index (χ2n) is 4.90. The monoisotopic (exact) mass is 310 g/mol. The van der Waals surface area contributed by atoms with Crippen LogP contribution in [0.2, 0.25) is 5.02 Å². The molecule has 21 heavy (non-hydrogen) atoms. The Morgan fingerprint density at radius 2 is 2.00 bits per heavy atom. The largest absolute Gasteiger partial charge is 0.480 e. The van der Waals surface area contributed by atoms with E-state index in [1.807, 2.05) is 0 Å². The maximum atomic E-state index is 12.3. The van der Waals surface area contributed by atoms with E-state index in [9.17, 15) is 14.4 Å². The number of hydrogen-bond donors (Lipinski definition) is 1. The normalized spacial score (nSPS) is 17.9. The number of halogens is 1. The van der Waals surface area contributed by atoms with Crippen LogP contribution in [0.15, 0.2) is 24.3 Å². The van der Waals surface area contributed by atoms with Crippen LogP contribution in [0, 0.1) is 5.92 Å². The molecule has 0 bridgehead atoms. The molecule has 1 unspecified atom stereocenters. The lowest BCUT2D eigenvalue weighted by atomic mass is 10.1. The Balaban J connectivity index is 2.09. The molecule has 1 fully saturated rings. The first-order chi connectivity index (χ1) is 9.90. The third-order valence-corrected chi connectivity index (χ3v) is 3.64. The van der Waals surface area contributed by atoms with E-state index in [0.29, 0.717) is 23.7 Å². The molecule has 1 aromatic rings. The van der Waals surface area contributed by atoms with Gasteiger partial charge in [-0.15, -0.1) is 0 Å². The average molecular weight is 311 g/mol. The van der Waals surface area contributed by atoms with Gasteiger partial charge in [-0.05, 0) is 30.7 Å². The second-order valence-corrected chi connectivity index (χ2v) is 5.33. The van der Waals surface area contributed by atoms with Crippen molar-refractivity contribution in [3.05, 3.63) is 29.3 Å². The number of carbonyl (C=O) groups is 3. The van der Waals surface area contributed by atoms with Gasteiger partial charge < -0.3 is 14.9 Å². The van der Waals surface area contributed by atoms with Gasteiger partial charge in [0, 0.05) is 24.3 Å². The highest BCUT2D eigenvalue weighted by molar-refractivity contribution is 6.30. The minimum atomic E-state index is -1.11. The summed E-state index contributed by atoms with van der Waals surface area (Å²) in [6, 6.07) is 6.79. The predicted molar refractivity (Wildman–Crippen MR) is 77.2 cm³/mol. The van der Waals surface area contributed by atoms with E-state index in [-0.39, 0.29) is 5.91 Å². The summed E-state index contributed by atoms with van der Waals surface area (Å²) >= 11 is 5.80. The van der Waals surface area contributed by atoms with E-state index in [2.05, 4.69) is 0 Å². The molecule has 1 aromatic carbocycles. The Morgan fingerprint density at radius 1 is 1.38 bits per heavy atom. The maximum absolute atomic E-state index is 12.3. The average Bonchev–Trinajstić information content (AvgIpc) is 2.80. The molecule has 112 valence electrons. The first kappa shape index (κ1) is 15.3. The number of anilines is 1. The number of nitrogens with zero attached hydrogens (tertiary/aromatic N) is 2. The number of aliphatic carboxylic acids is 1. The van der Waals surface area contributed by atoms with E-state index in [4.69, 9.17) is 16.7 Å². The molecule has 1 aliphatic heterocycles. The molecule has 1 N–H and O–H groups in total. The quantitative estimate of drug-likeness (QED) is 0.849. The zero-order valence-corrected chi connectivity index (χ0v) is 12.2. The van der Waals surface area contributed by atoms with E-state index >= 15 is 0 Å². The summed E-state index contributed by atoms with van der Waals surface area (Å²) in [5.74, 6) is -2.69. The van der Waals surface area contributed by atoms with Crippen LogP contribution in [-0.4, -0.2) is 47.9 Å². The van der Waals surface area contributed by atoms with Gasteiger partial charge >= 0.3 is 5.97 Å². The van der Waals surface area contributed by atoms with Crippen molar-refractivity contribution < 1.29 is 19.5 Å². The molecule has 2 amide bonds. The lowest BCUT2D eigenvalue weighted by Gasteiger charge is -2.19. The molecule has 1 saturated heterocycles. The lowest BCUT2D eigenvalue weighted by Crippen LogP contribution is -2.40. The number of carboxylic acids is 1. The Kier molecular flexibility index (Phi) is 4.47. The van der Waals surface area contributed by atoms with E-state index in [1.54, 1.807) is 24.3 Å². The minimum Gasteiger partial charge on any atom is -0.480 e. The second kappa shape index (κ2) is 6.13. The minimum absolute atomic E-state index is 0.306. The highest BCUT2D eigenvalue weighted by atomic mass is 35.5. The van der Waals surface area contributed by atoms with Crippen LogP contribution in [-0.2, 0) is 14.4 Å². The fourth-order valence-corrected chi connectivity index (χ4v) is 2.46. The van der Waals surface area contributed by atoms with Crippen molar-refractivity contribution in [1.29, 1.82) is 0 Å². The summed E-state index contributed by atoms with van der Waals surface area (Å²) in [4.78, 5) is 37.7. The molecule has 7 heteroatoms. The molecule has 0 aromatic heterocycles. The molecule has 0 aliphatic carbocycles. The van der Waals surface area contributed by atoms with Gasteiger partial charge in [0.1, 0.15) is 12.5 Å². The standard InChI is InChI=1S/C14H15ClN2O4/c1-16(8-12(18)19)13(20)11-6-7-17(14(11)21)10-4-2-9(15)3-5-10/h2-5,11H,6-8H2,1H3,(H,18,19). The third kappa shape index (κ3) is 3.33. The van der Waals surface area contributed by atoms with Crippen molar-refractivity contribution in [2.45, 2.75) is 6.42 Å². The van der Waals surface area contributed by atoms with Crippen molar-refractivity contribution in [3.8, 4) is 0 Å². The Hall–Kier alpha value is -2.08. The summed E-state index contributed by atoms with van der Waals surface area (Å²) in [5, 5.41) is 9.26. The number of carbonyl (C=O) groups excluding carboxylic acids is 2. The summed E-state index contributed by atoms with van der Waals surface area (Å²) in [7, 11) is 1.38. The van der Waals surface area contributed by atoms with Gasteiger partial charge in [0.25, 0.3) is 0 Å². The summed E-state index contributed by atoms with van der Waals surface area (Å²) in [6.07, 6.45) is 0.379. The van der Waals surface area contributed by atoms with Crippen molar-refractivity contribution in [2.24, 2.45) is 5.92 Å². The van der Waals surface area contributed by atoms with Gasteiger partial charge in [-0.2, -0.15) is 0 Å². The van der Waals surface area contributed by atoms with Crippen LogP contribution < -0.4 is 4.90 Å². The zero-order chi connectivity index (χ0) is 15.6. The lowest BCUT2D eigenvalue weighted by molar-refractivity contribution is -0.146. The van der Waals surface area contributed by atoms with Crippen molar-refractivity contribution in [3.63, 3.8) is 0 Å². The number of amides is 2. The van der Waals surface area contributed by atoms with Crippen LogP contribution in [0.1, 0.15) is 6.42 Å². The molecule has 1 aliphatic rings. The number of rotatable bonds is 4. The molecule has 0 radical (unpaired) electrons. The Morgan fingerprint density at radius 3 is 2.57 bits per heavy atom. The number of benzene rings is 1. The van der Waals surface area contributed by atoms with Gasteiger partial charge in [0.2, 0.25) is 11.8 Å². The fraction of sp³-hybridized carbons (Fsp3) is 0.357. The predicted octanol–water partition coefficient (Wildman–Crippen LogP) is 1.24. The van der Waals surface area contributed by atoms with Crippen molar-refractivity contribution in [1.82, 2.24) is 4.90 Å². The summed E-state index contributed by atoms with van der Waals surface area (Å²) in [6.45, 7) is 0.0152.